The zero-order valence-electron chi connectivity index (χ0n) is 18.9. The monoisotopic (exact) mass is 456 g/mol. The molecule has 3 aromatic rings. The van der Waals surface area contributed by atoms with Crippen molar-refractivity contribution in [1.82, 2.24) is 9.88 Å². The second kappa shape index (κ2) is 8.67. The molecule has 2 aliphatic heterocycles. The summed E-state index contributed by atoms with van der Waals surface area (Å²) in [5.41, 5.74) is 2.93. The Kier molecular flexibility index (Phi) is 5.53. The van der Waals surface area contributed by atoms with Gasteiger partial charge < -0.3 is 19.5 Å². The Hall–Kier alpha value is -4.13. The molecular weight excluding hydrogens is 432 g/mol. The first kappa shape index (κ1) is 21.7. The zero-order chi connectivity index (χ0) is 23.8. The van der Waals surface area contributed by atoms with Crippen LogP contribution in [0, 0.1) is 0 Å². The lowest BCUT2D eigenvalue weighted by Gasteiger charge is -2.25. The standard InChI is InChI=1S/C27H24N2O5/c1-16-11-20-12-19(8-9-22(20)34-16)25(30)23-24(18-6-3-7-21(13-18)33-2)29(27(32)26(23)31)15-17-5-4-10-28-14-17/h3-10,12-14,16,24,30H,11,15H2,1-2H3/t16-,24-/m1/s1. The zero-order valence-corrected chi connectivity index (χ0v) is 18.9. The highest BCUT2D eigenvalue weighted by molar-refractivity contribution is 6.46. The summed E-state index contributed by atoms with van der Waals surface area (Å²) in [7, 11) is 1.55. The number of aromatic nitrogens is 1. The predicted octanol–water partition coefficient (Wildman–Crippen LogP) is 4.04. The molecule has 172 valence electrons. The average molecular weight is 456 g/mol. The molecule has 0 radical (unpaired) electrons. The van der Waals surface area contributed by atoms with Crippen LogP contribution in [0.3, 0.4) is 0 Å². The molecule has 2 aromatic carbocycles. The van der Waals surface area contributed by atoms with Gasteiger partial charge in [-0.05, 0) is 60.0 Å². The molecule has 0 aliphatic carbocycles. The van der Waals surface area contributed by atoms with Gasteiger partial charge in [0, 0.05) is 30.9 Å². The summed E-state index contributed by atoms with van der Waals surface area (Å²) >= 11 is 0. The number of ketones is 1. The van der Waals surface area contributed by atoms with E-state index in [2.05, 4.69) is 4.98 Å². The largest absolute Gasteiger partial charge is 0.507 e. The van der Waals surface area contributed by atoms with Crippen molar-refractivity contribution < 1.29 is 24.2 Å². The number of carbonyl (C=O) groups excluding carboxylic acids is 2. The number of aliphatic hydroxyl groups excluding tert-OH is 1. The summed E-state index contributed by atoms with van der Waals surface area (Å²) in [4.78, 5) is 32.0. The normalized spacial score (nSPS) is 20.8. The van der Waals surface area contributed by atoms with Gasteiger partial charge in [-0.3, -0.25) is 14.6 Å². The molecule has 7 heteroatoms. The summed E-state index contributed by atoms with van der Waals surface area (Å²) < 4.78 is 11.1. The van der Waals surface area contributed by atoms with Crippen molar-refractivity contribution >= 4 is 17.4 Å². The van der Waals surface area contributed by atoms with E-state index in [-0.39, 0.29) is 24.0 Å². The van der Waals surface area contributed by atoms with Gasteiger partial charge in [0.05, 0.1) is 18.7 Å². The van der Waals surface area contributed by atoms with E-state index in [9.17, 15) is 14.7 Å². The molecule has 1 N–H and O–H groups in total. The third-order valence-corrected chi connectivity index (χ3v) is 6.19. The summed E-state index contributed by atoms with van der Waals surface area (Å²) in [5, 5.41) is 11.3. The Labute approximate surface area is 197 Å². The van der Waals surface area contributed by atoms with Gasteiger partial charge in [-0.15, -0.1) is 0 Å². The van der Waals surface area contributed by atoms with Crippen LogP contribution in [-0.4, -0.2) is 39.9 Å². The summed E-state index contributed by atoms with van der Waals surface area (Å²) in [5.74, 6) is -0.239. The summed E-state index contributed by atoms with van der Waals surface area (Å²) in [6.07, 6.45) is 4.07. The van der Waals surface area contributed by atoms with Gasteiger partial charge in [-0.2, -0.15) is 0 Å². The molecule has 0 saturated carbocycles. The number of Topliss-reactive ketones (excluding diaryl/α,β-unsaturated/α-hetero) is 1. The maximum Gasteiger partial charge on any atom is 0.295 e. The first-order valence-electron chi connectivity index (χ1n) is 11.1. The third-order valence-electron chi connectivity index (χ3n) is 6.19. The fraction of sp³-hybridized carbons (Fsp3) is 0.222. The molecule has 3 heterocycles. The Morgan fingerprint density at radius 1 is 1.18 bits per heavy atom. The molecule has 1 saturated heterocycles. The van der Waals surface area contributed by atoms with Crippen molar-refractivity contribution in [3.05, 3.63) is 94.8 Å². The van der Waals surface area contributed by atoms with Crippen LogP contribution in [0.25, 0.3) is 5.76 Å². The van der Waals surface area contributed by atoms with Crippen LogP contribution in [0.2, 0.25) is 0 Å². The molecule has 0 spiro atoms. The number of likely N-dealkylation sites (tertiary alicyclic amines) is 1. The highest BCUT2D eigenvalue weighted by atomic mass is 16.5. The van der Waals surface area contributed by atoms with Crippen molar-refractivity contribution in [2.24, 2.45) is 0 Å². The lowest BCUT2D eigenvalue weighted by molar-refractivity contribution is -0.140. The van der Waals surface area contributed by atoms with Gasteiger partial charge in [0.25, 0.3) is 11.7 Å². The van der Waals surface area contributed by atoms with Crippen LogP contribution in [0.5, 0.6) is 11.5 Å². The second-order valence-corrected chi connectivity index (χ2v) is 8.52. The number of amides is 1. The maximum atomic E-state index is 13.3. The number of ether oxygens (including phenoxy) is 2. The molecule has 0 bridgehead atoms. The lowest BCUT2D eigenvalue weighted by atomic mass is 9.94. The number of fused-ring (bicyclic) bond motifs is 1. The molecule has 5 rings (SSSR count). The van der Waals surface area contributed by atoms with Crippen molar-refractivity contribution in [2.75, 3.05) is 7.11 Å². The van der Waals surface area contributed by atoms with Gasteiger partial charge >= 0.3 is 0 Å². The molecular formula is C27H24N2O5. The van der Waals surface area contributed by atoms with Crippen LogP contribution >= 0.6 is 0 Å². The highest BCUT2D eigenvalue weighted by Gasteiger charge is 2.46. The number of rotatable bonds is 5. The molecule has 1 fully saturated rings. The Bertz CT molecular complexity index is 1300. The van der Waals surface area contributed by atoms with Gasteiger partial charge in [0.15, 0.2) is 0 Å². The van der Waals surface area contributed by atoms with E-state index in [0.717, 1.165) is 16.9 Å². The number of nitrogens with zero attached hydrogens (tertiary/aromatic N) is 2. The third kappa shape index (κ3) is 3.79. The fourth-order valence-electron chi connectivity index (χ4n) is 4.61. The van der Waals surface area contributed by atoms with Crippen LogP contribution in [0.15, 0.2) is 72.6 Å². The molecule has 2 atom stereocenters. The van der Waals surface area contributed by atoms with E-state index in [1.165, 1.54) is 4.90 Å². The quantitative estimate of drug-likeness (QED) is 0.354. The summed E-state index contributed by atoms with van der Waals surface area (Å²) in [6.45, 7) is 2.15. The number of hydrogen-bond acceptors (Lipinski definition) is 6. The molecule has 0 unspecified atom stereocenters. The smallest absolute Gasteiger partial charge is 0.295 e. The lowest BCUT2D eigenvalue weighted by Crippen LogP contribution is -2.29. The predicted molar refractivity (Wildman–Crippen MR) is 125 cm³/mol. The molecule has 1 aromatic heterocycles. The number of hydrogen-bond donors (Lipinski definition) is 1. The SMILES string of the molecule is COc1cccc([C@@H]2C(=C(O)c3ccc4c(c3)C[C@@H](C)O4)C(=O)C(=O)N2Cc2cccnc2)c1. The van der Waals surface area contributed by atoms with E-state index in [4.69, 9.17) is 9.47 Å². The molecule has 34 heavy (non-hydrogen) atoms. The van der Waals surface area contributed by atoms with Gasteiger partial charge in [0.2, 0.25) is 0 Å². The van der Waals surface area contributed by atoms with Crippen LogP contribution in [0.4, 0.5) is 0 Å². The first-order chi connectivity index (χ1) is 16.5. The van der Waals surface area contributed by atoms with E-state index in [1.807, 2.05) is 25.1 Å². The van der Waals surface area contributed by atoms with E-state index >= 15 is 0 Å². The Morgan fingerprint density at radius 3 is 2.79 bits per heavy atom. The van der Waals surface area contributed by atoms with Crippen molar-refractivity contribution in [1.29, 1.82) is 0 Å². The fourth-order valence-corrected chi connectivity index (χ4v) is 4.61. The average Bonchev–Trinajstić information content (AvgIpc) is 3.35. The minimum Gasteiger partial charge on any atom is -0.507 e. The molecule has 7 nitrogen and oxygen atoms in total. The number of pyridine rings is 1. The topological polar surface area (TPSA) is 89.0 Å². The highest BCUT2D eigenvalue weighted by Crippen LogP contribution is 2.42. The second-order valence-electron chi connectivity index (χ2n) is 8.52. The van der Waals surface area contributed by atoms with Crippen molar-refractivity contribution in [3.63, 3.8) is 0 Å². The van der Waals surface area contributed by atoms with Crippen molar-refractivity contribution in [2.45, 2.75) is 32.0 Å². The number of aliphatic hydroxyl groups is 1. The first-order valence-corrected chi connectivity index (χ1v) is 11.1. The van der Waals surface area contributed by atoms with Crippen LogP contribution < -0.4 is 9.47 Å². The van der Waals surface area contributed by atoms with Gasteiger partial charge in [-0.1, -0.05) is 18.2 Å². The van der Waals surface area contributed by atoms with E-state index in [0.29, 0.717) is 23.3 Å². The number of methoxy groups -OCH3 is 1. The van der Waals surface area contributed by atoms with Crippen LogP contribution in [-0.2, 0) is 22.6 Å². The van der Waals surface area contributed by atoms with Gasteiger partial charge in [-0.25, -0.2) is 0 Å². The van der Waals surface area contributed by atoms with Crippen molar-refractivity contribution in [3.8, 4) is 11.5 Å². The molecule has 2 aliphatic rings. The Morgan fingerprint density at radius 2 is 2.03 bits per heavy atom. The maximum absolute atomic E-state index is 13.3. The number of carbonyl (C=O) groups is 2. The minimum atomic E-state index is -0.779. The minimum absolute atomic E-state index is 0.0501. The summed E-state index contributed by atoms with van der Waals surface area (Å²) in [6, 6.07) is 15.4. The van der Waals surface area contributed by atoms with Gasteiger partial charge in [0.1, 0.15) is 23.4 Å². The number of benzene rings is 2. The van der Waals surface area contributed by atoms with Crippen LogP contribution in [0.1, 0.15) is 35.2 Å². The molecule has 1 amide bonds. The van der Waals surface area contributed by atoms with E-state index in [1.54, 1.807) is 55.9 Å². The van der Waals surface area contributed by atoms with E-state index < -0.39 is 17.7 Å². The Balaban J connectivity index is 1.64.